The van der Waals surface area contributed by atoms with Crippen molar-refractivity contribution in [3.05, 3.63) is 11.9 Å². The van der Waals surface area contributed by atoms with Crippen molar-refractivity contribution in [2.24, 2.45) is 11.6 Å². The van der Waals surface area contributed by atoms with Gasteiger partial charge in [-0.2, -0.15) is 0 Å². The second kappa shape index (κ2) is 5.33. The number of nitrogens with one attached hydrogen (secondary N) is 2. The summed E-state index contributed by atoms with van der Waals surface area (Å²) in [5, 5.41) is 2.47. The first-order valence-corrected chi connectivity index (χ1v) is 4.22. The minimum Gasteiger partial charge on any atom is -0.444 e. The van der Waals surface area contributed by atoms with E-state index in [1.165, 1.54) is 6.20 Å². The Bertz CT molecular complexity index is 220. The number of hydrogen-bond acceptors (Lipinski definition) is 5. The highest BCUT2D eigenvalue weighted by Gasteiger charge is 2.15. The molecule has 0 rings (SSSR count). The van der Waals surface area contributed by atoms with Crippen LogP contribution < -0.4 is 22.3 Å². The molecule has 6 heteroatoms. The molecule has 0 fully saturated rings. The summed E-state index contributed by atoms with van der Waals surface area (Å²) in [6, 6.07) is 0. The molecule has 6 nitrogen and oxygen atoms in total. The molecule has 0 aromatic carbocycles. The van der Waals surface area contributed by atoms with Crippen molar-refractivity contribution in [3.8, 4) is 0 Å². The predicted molar refractivity (Wildman–Crippen MR) is 53.8 cm³/mol. The standard InChI is InChI=1S/C8H18N4O2/c1-8(2,3)14-7(13)11-4-6(9)5-12-10/h5,12H,4,9-10H2,1-3H3,(H,11,13)/b6-5-. The van der Waals surface area contributed by atoms with Crippen molar-refractivity contribution in [1.29, 1.82) is 0 Å². The fourth-order valence-corrected chi connectivity index (χ4v) is 0.646. The molecule has 14 heavy (non-hydrogen) atoms. The molecule has 0 radical (unpaired) electrons. The molecule has 0 aromatic heterocycles. The Kier molecular flexibility index (Phi) is 4.79. The lowest BCUT2D eigenvalue weighted by Gasteiger charge is -2.19. The van der Waals surface area contributed by atoms with Gasteiger partial charge in [0.15, 0.2) is 0 Å². The van der Waals surface area contributed by atoms with E-state index < -0.39 is 11.7 Å². The lowest BCUT2D eigenvalue weighted by atomic mass is 10.2. The monoisotopic (exact) mass is 202 g/mol. The molecule has 0 unspecified atom stereocenters. The van der Waals surface area contributed by atoms with E-state index in [9.17, 15) is 4.79 Å². The molecule has 6 N–H and O–H groups in total. The van der Waals surface area contributed by atoms with Gasteiger partial charge >= 0.3 is 6.09 Å². The molecular formula is C8H18N4O2. The SMILES string of the molecule is CC(C)(C)OC(=O)NC/C(N)=C/NN. The molecule has 0 aliphatic heterocycles. The number of carbonyl (C=O) groups excluding carboxylic acids is 1. The van der Waals surface area contributed by atoms with Crippen LogP contribution in [0.25, 0.3) is 0 Å². The van der Waals surface area contributed by atoms with E-state index in [0.29, 0.717) is 5.70 Å². The summed E-state index contributed by atoms with van der Waals surface area (Å²) in [7, 11) is 0. The van der Waals surface area contributed by atoms with Crippen molar-refractivity contribution >= 4 is 6.09 Å². The maximum absolute atomic E-state index is 11.1. The predicted octanol–water partition coefficient (Wildman–Crippen LogP) is -0.225. The van der Waals surface area contributed by atoms with Gasteiger partial charge in [-0.1, -0.05) is 0 Å². The minimum atomic E-state index is -0.508. The number of alkyl carbamates (subject to hydrolysis) is 1. The van der Waals surface area contributed by atoms with Crippen molar-refractivity contribution in [2.75, 3.05) is 6.54 Å². The maximum atomic E-state index is 11.1. The first-order chi connectivity index (χ1) is 6.35. The summed E-state index contributed by atoms with van der Waals surface area (Å²) in [5.41, 5.74) is 7.61. The zero-order valence-electron chi connectivity index (χ0n) is 8.76. The second-order valence-electron chi connectivity index (χ2n) is 3.74. The molecule has 0 saturated carbocycles. The highest BCUT2D eigenvalue weighted by Crippen LogP contribution is 2.06. The third-order valence-corrected chi connectivity index (χ3v) is 1.10. The number of hydrazine groups is 1. The normalized spacial score (nSPS) is 12.1. The molecule has 1 amide bonds. The third kappa shape index (κ3) is 7.23. The van der Waals surface area contributed by atoms with Gasteiger partial charge in [0.25, 0.3) is 0 Å². The van der Waals surface area contributed by atoms with Crippen LogP contribution in [0.4, 0.5) is 4.79 Å². The van der Waals surface area contributed by atoms with Crippen molar-refractivity contribution in [1.82, 2.24) is 10.7 Å². The zero-order chi connectivity index (χ0) is 11.2. The minimum absolute atomic E-state index is 0.194. The van der Waals surface area contributed by atoms with Crippen LogP contribution in [0.2, 0.25) is 0 Å². The summed E-state index contributed by atoms with van der Waals surface area (Å²) in [5.74, 6) is 4.99. The molecule has 0 heterocycles. The number of rotatable bonds is 3. The maximum Gasteiger partial charge on any atom is 0.407 e. The largest absolute Gasteiger partial charge is 0.444 e. The van der Waals surface area contributed by atoms with Gasteiger partial charge in [-0.25, -0.2) is 4.79 Å². The van der Waals surface area contributed by atoms with E-state index in [2.05, 4.69) is 10.7 Å². The van der Waals surface area contributed by atoms with E-state index in [4.69, 9.17) is 16.3 Å². The Morgan fingerprint density at radius 3 is 2.50 bits per heavy atom. The van der Waals surface area contributed by atoms with Crippen LogP contribution in [-0.4, -0.2) is 18.2 Å². The van der Waals surface area contributed by atoms with Crippen molar-refractivity contribution < 1.29 is 9.53 Å². The quantitative estimate of drug-likeness (QED) is 0.374. The number of ether oxygens (including phenoxy) is 1. The van der Waals surface area contributed by atoms with Gasteiger partial charge in [0.1, 0.15) is 5.60 Å². The lowest BCUT2D eigenvalue weighted by Crippen LogP contribution is -2.35. The number of amides is 1. The van der Waals surface area contributed by atoms with Crippen LogP contribution in [0.15, 0.2) is 11.9 Å². The van der Waals surface area contributed by atoms with Gasteiger partial charge in [-0.05, 0) is 20.8 Å². The van der Waals surface area contributed by atoms with Gasteiger partial charge < -0.3 is 21.2 Å². The van der Waals surface area contributed by atoms with E-state index in [1.54, 1.807) is 20.8 Å². The zero-order valence-corrected chi connectivity index (χ0v) is 8.76. The second-order valence-corrected chi connectivity index (χ2v) is 3.74. The summed E-state index contributed by atoms with van der Waals surface area (Å²) in [6.45, 7) is 5.55. The fraction of sp³-hybridized carbons (Fsp3) is 0.625. The van der Waals surface area contributed by atoms with Gasteiger partial charge in [0.2, 0.25) is 0 Å². The van der Waals surface area contributed by atoms with Crippen LogP contribution in [0.5, 0.6) is 0 Å². The van der Waals surface area contributed by atoms with Crippen LogP contribution in [0.1, 0.15) is 20.8 Å². The van der Waals surface area contributed by atoms with Crippen LogP contribution >= 0.6 is 0 Å². The van der Waals surface area contributed by atoms with Gasteiger partial charge in [0.05, 0.1) is 6.54 Å². The molecule has 0 aliphatic carbocycles. The average Bonchev–Trinajstić information content (AvgIpc) is 1.98. The van der Waals surface area contributed by atoms with Crippen LogP contribution in [0.3, 0.4) is 0 Å². The molecule has 0 bridgehead atoms. The topological polar surface area (TPSA) is 102 Å². The van der Waals surface area contributed by atoms with E-state index in [1.807, 2.05) is 0 Å². The van der Waals surface area contributed by atoms with Crippen LogP contribution in [-0.2, 0) is 4.74 Å². The Balaban J connectivity index is 3.81. The van der Waals surface area contributed by atoms with Crippen molar-refractivity contribution in [3.63, 3.8) is 0 Å². The number of carbonyl (C=O) groups is 1. The van der Waals surface area contributed by atoms with Gasteiger partial charge in [-0.15, -0.1) is 0 Å². The highest BCUT2D eigenvalue weighted by atomic mass is 16.6. The lowest BCUT2D eigenvalue weighted by molar-refractivity contribution is 0.0532. The summed E-state index contributed by atoms with van der Waals surface area (Å²) in [4.78, 5) is 11.1. The first-order valence-electron chi connectivity index (χ1n) is 4.22. The summed E-state index contributed by atoms with van der Waals surface area (Å²) >= 11 is 0. The van der Waals surface area contributed by atoms with Crippen molar-refractivity contribution in [2.45, 2.75) is 26.4 Å². The summed E-state index contributed by atoms with van der Waals surface area (Å²) < 4.78 is 4.98. The highest BCUT2D eigenvalue weighted by molar-refractivity contribution is 5.67. The average molecular weight is 202 g/mol. The molecular weight excluding hydrogens is 184 g/mol. The van der Waals surface area contributed by atoms with E-state index >= 15 is 0 Å². The van der Waals surface area contributed by atoms with Gasteiger partial charge in [0, 0.05) is 11.9 Å². The number of hydrogen-bond donors (Lipinski definition) is 4. The Morgan fingerprint density at radius 2 is 2.07 bits per heavy atom. The summed E-state index contributed by atoms with van der Waals surface area (Å²) in [6.07, 6.45) is 0.878. The molecule has 0 aliphatic rings. The van der Waals surface area contributed by atoms with E-state index in [0.717, 1.165) is 0 Å². The van der Waals surface area contributed by atoms with Gasteiger partial charge in [-0.3, -0.25) is 5.84 Å². The van der Waals surface area contributed by atoms with Crippen LogP contribution in [0, 0.1) is 0 Å². The Labute approximate surface area is 83.6 Å². The number of nitrogens with two attached hydrogens (primary N) is 2. The molecule has 0 spiro atoms. The Hall–Kier alpha value is -1.43. The smallest absolute Gasteiger partial charge is 0.407 e. The molecule has 0 aromatic rings. The van der Waals surface area contributed by atoms with E-state index in [-0.39, 0.29) is 6.54 Å². The third-order valence-electron chi connectivity index (χ3n) is 1.10. The fourth-order valence-electron chi connectivity index (χ4n) is 0.646. The molecule has 82 valence electrons. The molecule has 0 saturated heterocycles. The Morgan fingerprint density at radius 1 is 1.50 bits per heavy atom. The molecule has 0 atom stereocenters. The first kappa shape index (κ1) is 12.6.